The van der Waals surface area contributed by atoms with Gasteiger partial charge in [-0.2, -0.15) is 0 Å². The number of aliphatic hydroxyl groups excluding tert-OH is 1. The first-order valence-corrected chi connectivity index (χ1v) is 16.8. The minimum absolute atomic E-state index is 0.0197. The fraction of sp³-hybridized carbons (Fsp3) is 0.545. The molecule has 5 atom stereocenters. The third-order valence-electron chi connectivity index (χ3n) is 9.18. The van der Waals surface area contributed by atoms with Gasteiger partial charge in [-0.1, -0.05) is 50.6 Å². The maximum absolute atomic E-state index is 14.0. The molecule has 2 aliphatic heterocycles. The summed E-state index contributed by atoms with van der Waals surface area (Å²) in [4.78, 5) is 71.9. The van der Waals surface area contributed by atoms with Crippen molar-refractivity contribution in [3.8, 4) is 0 Å². The molecule has 5 amide bonds. The van der Waals surface area contributed by atoms with Gasteiger partial charge in [0.1, 0.15) is 18.1 Å². The van der Waals surface area contributed by atoms with Crippen LogP contribution in [0.5, 0.6) is 0 Å². The fourth-order valence-electron chi connectivity index (χ4n) is 6.42. The van der Waals surface area contributed by atoms with Crippen LogP contribution >= 0.6 is 11.3 Å². The second-order valence-corrected chi connectivity index (χ2v) is 13.3. The molecular weight excluding hydrogens is 594 g/mol. The number of carbonyl (C=O) groups is 5. The van der Waals surface area contributed by atoms with Crippen LogP contribution in [0, 0.1) is 5.92 Å². The zero-order valence-corrected chi connectivity index (χ0v) is 26.7. The molecule has 1 aromatic heterocycles. The summed E-state index contributed by atoms with van der Waals surface area (Å²) in [6.45, 7) is 3.53. The average molecular weight is 638 g/mol. The smallest absolute Gasteiger partial charge is 0.264 e. The first kappa shape index (κ1) is 32.6. The van der Waals surface area contributed by atoms with Crippen LogP contribution in [0.25, 0.3) is 0 Å². The van der Waals surface area contributed by atoms with E-state index in [0.29, 0.717) is 11.3 Å². The molecule has 242 valence electrons. The van der Waals surface area contributed by atoms with E-state index in [9.17, 15) is 29.1 Å². The van der Waals surface area contributed by atoms with Gasteiger partial charge in [0.2, 0.25) is 23.6 Å². The van der Waals surface area contributed by atoms with E-state index in [2.05, 4.69) is 16.0 Å². The van der Waals surface area contributed by atoms with Crippen LogP contribution in [0.4, 0.5) is 0 Å². The van der Waals surface area contributed by atoms with Gasteiger partial charge in [0, 0.05) is 32.5 Å². The van der Waals surface area contributed by atoms with E-state index in [-0.39, 0.29) is 50.8 Å². The molecule has 0 unspecified atom stereocenters. The molecule has 12 heteroatoms. The standard InChI is InChI=1S/C33H43N5O6S/c1-3-20(2)28-32(43)38-17-23(39)16-26(38)31(42)35-25(15-21-9-5-4-6-10-21)30(41)34-13-14-37(18-27(40)36-28)33(44)29-24-12-8-7-11-22(24)19-45-29/h4-6,9-10,19-20,23,25-26,28,39H,3,7-8,11-18H2,1-2H3,(H,34,41)(H,35,42)(H,36,40)/t20-,23+,25-,26-,28-/m0/s1. The molecule has 1 aromatic carbocycles. The number of benzene rings is 1. The molecule has 3 heterocycles. The van der Waals surface area contributed by atoms with Gasteiger partial charge >= 0.3 is 0 Å². The first-order chi connectivity index (χ1) is 21.7. The van der Waals surface area contributed by atoms with E-state index in [1.165, 1.54) is 26.7 Å². The molecule has 4 N–H and O–H groups in total. The van der Waals surface area contributed by atoms with Gasteiger partial charge in [0.15, 0.2) is 0 Å². The quantitative estimate of drug-likeness (QED) is 0.390. The molecule has 11 nitrogen and oxygen atoms in total. The van der Waals surface area contributed by atoms with Crippen molar-refractivity contribution in [3.05, 3.63) is 57.3 Å². The molecule has 3 aliphatic rings. The van der Waals surface area contributed by atoms with E-state index in [0.717, 1.165) is 36.8 Å². The Labute approximate surface area is 267 Å². The lowest BCUT2D eigenvalue weighted by molar-refractivity contribution is -0.143. The first-order valence-electron chi connectivity index (χ1n) is 15.9. The van der Waals surface area contributed by atoms with Crippen molar-refractivity contribution in [2.24, 2.45) is 5.92 Å². The van der Waals surface area contributed by atoms with Gasteiger partial charge in [0.25, 0.3) is 5.91 Å². The highest BCUT2D eigenvalue weighted by Gasteiger charge is 2.43. The molecule has 0 bridgehead atoms. The highest BCUT2D eigenvalue weighted by Crippen LogP contribution is 2.31. The number of amides is 5. The Morgan fingerprint density at radius 1 is 1.07 bits per heavy atom. The molecule has 0 spiro atoms. The number of aryl methyl sites for hydroxylation is 1. The van der Waals surface area contributed by atoms with Crippen molar-refractivity contribution in [2.75, 3.05) is 26.2 Å². The molecule has 2 fully saturated rings. The predicted molar refractivity (Wildman–Crippen MR) is 169 cm³/mol. The maximum atomic E-state index is 14.0. The molecule has 0 saturated carbocycles. The second kappa shape index (κ2) is 14.6. The third-order valence-corrected chi connectivity index (χ3v) is 10.2. The average Bonchev–Trinajstić information content (AvgIpc) is 3.65. The highest BCUT2D eigenvalue weighted by atomic mass is 32.1. The summed E-state index contributed by atoms with van der Waals surface area (Å²) < 4.78 is 0. The summed E-state index contributed by atoms with van der Waals surface area (Å²) >= 11 is 1.39. The molecule has 2 saturated heterocycles. The van der Waals surface area contributed by atoms with Crippen LogP contribution in [-0.4, -0.2) is 94.9 Å². The van der Waals surface area contributed by atoms with Crippen LogP contribution in [0.3, 0.4) is 0 Å². The Morgan fingerprint density at radius 3 is 2.58 bits per heavy atom. The zero-order chi connectivity index (χ0) is 32.1. The van der Waals surface area contributed by atoms with Crippen molar-refractivity contribution in [1.82, 2.24) is 25.8 Å². The number of rotatable bonds is 5. The van der Waals surface area contributed by atoms with Gasteiger partial charge in [-0.05, 0) is 53.7 Å². The van der Waals surface area contributed by atoms with Crippen molar-refractivity contribution >= 4 is 40.9 Å². The number of hydrogen-bond acceptors (Lipinski definition) is 7. The van der Waals surface area contributed by atoms with Gasteiger partial charge < -0.3 is 30.9 Å². The van der Waals surface area contributed by atoms with Crippen molar-refractivity contribution < 1.29 is 29.1 Å². The number of nitrogens with zero attached hydrogens (tertiary/aromatic N) is 2. The number of nitrogens with one attached hydrogen (secondary N) is 3. The van der Waals surface area contributed by atoms with Crippen LogP contribution in [0.2, 0.25) is 0 Å². The van der Waals surface area contributed by atoms with Crippen molar-refractivity contribution in [3.63, 3.8) is 0 Å². The molecule has 45 heavy (non-hydrogen) atoms. The van der Waals surface area contributed by atoms with E-state index in [4.69, 9.17) is 0 Å². The Balaban J connectivity index is 1.46. The molecule has 2 aromatic rings. The number of thiophene rings is 1. The Morgan fingerprint density at radius 2 is 1.82 bits per heavy atom. The minimum atomic E-state index is -1.00. The van der Waals surface area contributed by atoms with Gasteiger partial charge in [0.05, 0.1) is 17.5 Å². The number of fused-ring (bicyclic) bond motifs is 2. The summed E-state index contributed by atoms with van der Waals surface area (Å²) in [5.74, 6) is -2.52. The lowest BCUT2D eigenvalue weighted by atomic mass is 9.93. The van der Waals surface area contributed by atoms with E-state index >= 15 is 0 Å². The van der Waals surface area contributed by atoms with Crippen LogP contribution in [0.15, 0.2) is 35.7 Å². The van der Waals surface area contributed by atoms with Crippen LogP contribution < -0.4 is 16.0 Å². The zero-order valence-electron chi connectivity index (χ0n) is 25.9. The Hall–Kier alpha value is -3.77. The molecule has 1 aliphatic carbocycles. The topological polar surface area (TPSA) is 148 Å². The normalized spacial score (nSPS) is 25.7. The summed E-state index contributed by atoms with van der Waals surface area (Å²) in [7, 11) is 0. The SMILES string of the molecule is CC[C@H](C)[C@@H]1NC(=O)CN(C(=O)c2scc3c2CCCC3)CCNC(=O)[C@H](Cc2ccccc2)NC(=O)[C@@H]2C[C@@H](O)CN2C1=O. The summed E-state index contributed by atoms with van der Waals surface area (Å²) in [6.07, 6.45) is 3.69. The summed E-state index contributed by atoms with van der Waals surface area (Å²) in [5, 5.41) is 21.1. The highest BCUT2D eigenvalue weighted by molar-refractivity contribution is 7.12. The third kappa shape index (κ3) is 7.55. The molecule has 5 rings (SSSR count). The number of hydrogen-bond donors (Lipinski definition) is 4. The van der Waals surface area contributed by atoms with Gasteiger partial charge in [-0.3, -0.25) is 24.0 Å². The van der Waals surface area contributed by atoms with Gasteiger partial charge in [-0.25, -0.2) is 0 Å². The van der Waals surface area contributed by atoms with Crippen molar-refractivity contribution in [1.29, 1.82) is 0 Å². The van der Waals surface area contributed by atoms with E-state index < -0.39 is 47.9 Å². The second-order valence-electron chi connectivity index (χ2n) is 12.4. The molecule has 0 radical (unpaired) electrons. The van der Waals surface area contributed by atoms with Crippen molar-refractivity contribution in [2.45, 2.75) is 83.0 Å². The summed E-state index contributed by atoms with van der Waals surface area (Å²) in [6, 6.07) is 6.36. The largest absolute Gasteiger partial charge is 0.391 e. The van der Waals surface area contributed by atoms with Gasteiger partial charge in [-0.15, -0.1) is 11.3 Å². The number of carbonyl (C=O) groups excluding carboxylic acids is 5. The monoisotopic (exact) mass is 637 g/mol. The Bertz CT molecular complexity index is 1410. The maximum Gasteiger partial charge on any atom is 0.264 e. The minimum Gasteiger partial charge on any atom is -0.391 e. The molecular formula is C33H43N5O6S. The lowest BCUT2D eigenvalue weighted by Gasteiger charge is -2.32. The lowest BCUT2D eigenvalue weighted by Crippen LogP contribution is -2.58. The predicted octanol–water partition coefficient (Wildman–Crippen LogP) is 1.42. The Kier molecular flexibility index (Phi) is 10.5. The van der Waals surface area contributed by atoms with E-state index in [1.54, 1.807) is 0 Å². The van der Waals surface area contributed by atoms with Crippen LogP contribution in [-0.2, 0) is 38.4 Å². The van der Waals surface area contributed by atoms with Crippen LogP contribution in [0.1, 0.15) is 65.9 Å². The summed E-state index contributed by atoms with van der Waals surface area (Å²) in [5.41, 5.74) is 3.05. The fourth-order valence-corrected chi connectivity index (χ4v) is 7.54. The number of aliphatic hydroxyl groups is 1. The van der Waals surface area contributed by atoms with E-state index in [1.807, 2.05) is 49.6 Å².